The van der Waals surface area contributed by atoms with E-state index in [2.05, 4.69) is 5.92 Å². The van der Waals surface area contributed by atoms with Gasteiger partial charge in [0.15, 0.2) is 0 Å². The highest BCUT2D eigenvalue weighted by Crippen LogP contribution is 1.99. The van der Waals surface area contributed by atoms with Gasteiger partial charge >= 0.3 is 0 Å². The van der Waals surface area contributed by atoms with Crippen molar-refractivity contribution in [3.05, 3.63) is 0 Å². The summed E-state index contributed by atoms with van der Waals surface area (Å²) in [5.74, 6) is 2.83. The molecule has 0 aliphatic rings. The number of terminal acetylenes is 1. The first-order valence-corrected chi connectivity index (χ1v) is 6.26. The molecule has 0 aromatic heterocycles. The molecule has 0 saturated heterocycles. The third-order valence-electron chi connectivity index (χ3n) is 1.80. The number of hydrogen-bond acceptors (Lipinski definition) is 2. The van der Waals surface area contributed by atoms with Crippen LogP contribution in [0.3, 0.4) is 0 Å². The molecule has 76 valence electrons. The molecular formula is C9H18NO2S+. The van der Waals surface area contributed by atoms with Gasteiger partial charge in [-0.15, -0.1) is 6.42 Å². The molecule has 0 aliphatic heterocycles. The molecule has 0 radical (unpaired) electrons. The van der Waals surface area contributed by atoms with Gasteiger partial charge in [0.2, 0.25) is 0 Å². The van der Waals surface area contributed by atoms with Gasteiger partial charge in [0, 0.05) is 12.7 Å². The Morgan fingerprint density at radius 1 is 1.38 bits per heavy atom. The van der Waals surface area contributed by atoms with Crippen molar-refractivity contribution in [2.24, 2.45) is 0 Å². The SMILES string of the molecule is C#CC[N+](C)(C)CCCS(C)(=O)=O. The van der Waals surface area contributed by atoms with Crippen molar-refractivity contribution < 1.29 is 12.9 Å². The zero-order chi connectivity index (χ0) is 10.5. The lowest BCUT2D eigenvalue weighted by Gasteiger charge is -2.27. The molecule has 0 saturated carbocycles. The van der Waals surface area contributed by atoms with Gasteiger partial charge in [-0.3, -0.25) is 0 Å². The summed E-state index contributed by atoms with van der Waals surface area (Å²) in [5.41, 5.74) is 0. The maximum absolute atomic E-state index is 10.8. The number of sulfone groups is 1. The molecule has 3 nitrogen and oxygen atoms in total. The van der Waals surface area contributed by atoms with Crippen molar-refractivity contribution in [2.75, 3.05) is 39.2 Å². The molecule has 0 bridgehead atoms. The number of rotatable bonds is 5. The van der Waals surface area contributed by atoms with Crippen LogP contribution in [0.1, 0.15) is 6.42 Å². The van der Waals surface area contributed by atoms with E-state index >= 15 is 0 Å². The summed E-state index contributed by atoms with van der Waals surface area (Å²) in [6, 6.07) is 0. The van der Waals surface area contributed by atoms with E-state index < -0.39 is 9.84 Å². The van der Waals surface area contributed by atoms with Crippen molar-refractivity contribution in [2.45, 2.75) is 6.42 Å². The van der Waals surface area contributed by atoms with Crippen LogP contribution in [0.2, 0.25) is 0 Å². The Balaban J connectivity index is 3.84. The van der Waals surface area contributed by atoms with Gasteiger partial charge in [-0.05, 0) is 5.92 Å². The molecule has 0 aromatic rings. The maximum atomic E-state index is 10.8. The smallest absolute Gasteiger partial charge is 0.147 e. The Labute approximate surface area is 81.3 Å². The molecule has 13 heavy (non-hydrogen) atoms. The molecule has 0 unspecified atom stereocenters. The summed E-state index contributed by atoms with van der Waals surface area (Å²) in [6.07, 6.45) is 7.12. The van der Waals surface area contributed by atoms with Crippen LogP contribution in [-0.4, -0.2) is 52.1 Å². The predicted octanol–water partition coefficient (Wildman–Crippen LogP) is 0.131. The van der Waals surface area contributed by atoms with Crippen molar-refractivity contribution in [3.63, 3.8) is 0 Å². The second-order valence-electron chi connectivity index (χ2n) is 4.01. The molecular weight excluding hydrogens is 186 g/mol. The lowest BCUT2D eigenvalue weighted by atomic mass is 10.4. The van der Waals surface area contributed by atoms with E-state index in [-0.39, 0.29) is 5.75 Å². The van der Waals surface area contributed by atoms with Crippen molar-refractivity contribution >= 4 is 9.84 Å². The summed E-state index contributed by atoms with van der Waals surface area (Å²) in [4.78, 5) is 0. The number of quaternary nitrogens is 1. The molecule has 0 fully saturated rings. The van der Waals surface area contributed by atoms with E-state index in [0.717, 1.165) is 6.54 Å². The van der Waals surface area contributed by atoms with Gasteiger partial charge < -0.3 is 4.48 Å². The second kappa shape index (κ2) is 4.64. The summed E-state index contributed by atoms with van der Waals surface area (Å²) < 4.78 is 22.3. The maximum Gasteiger partial charge on any atom is 0.147 e. The van der Waals surface area contributed by atoms with Gasteiger partial charge in [-0.1, -0.05) is 0 Å². The minimum atomic E-state index is -2.82. The quantitative estimate of drug-likeness (QED) is 0.471. The van der Waals surface area contributed by atoms with Crippen molar-refractivity contribution in [1.29, 1.82) is 0 Å². The fourth-order valence-corrected chi connectivity index (χ4v) is 1.73. The average Bonchev–Trinajstić information content (AvgIpc) is 1.82. The zero-order valence-electron chi connectivity index (χ0n) is 8.58. The second-order valence-corrected chi connectivity index (χ2v) is 6.26. The van der Waals surface area contributed by atoms with Gasteiger partial charge in [-0.25, -0.2) is 8.42 Å². The lowest BCUT2D eigenvalue weighted by molar-refractivity contribution is -0.883. The fraction of sp³-hybridized carbons (Fsp3) is 0.778. The molecule has 0 N–H and O–H groups in total. The first-order chi connectivity index (χ1) is 5.77. The molecule has 0 spiro atoms. The highest BCUT2D eigenvalue weighted by atomic mass is 32.2. The highest BCUT2D eigenvalue weighted by molar-refractivity contribution is 7.90. The van der Waals surface area contributed by atoms with Gasteiger partial charge in [-0.2, -0.15) is 0 Å². The minimum absolute atomic E-state index is 0.249. The van der Waals surface area contributed by atoms with Gasteiger partial charge in [0.1, 0.15) is 16.4 Å². The molecule has 0 rings (SSSR count). The Kier molecular flexibility index (Phi) is 4.45. The van der Waals surface area contributed by atoms with Crippen LogP contribution in [0, 0.1) is 12.3 Å². The molecule has 0 atom stereocenters. The van der Waals surface area contributed by atoms with Crippen molar-refractivity contribution in [3.8, 4) is 12.3 Å². The molecule has 4 heteroatoms. The molecule has 0 heterocycles. The van der Waals surface area contributed by atoms with E-state index in [0.29, 0.717) is 17.4 Å². The van der Waals surface area contributed by atoms with Crippen LogP contribution in [0.4, 0.5) is 0 Å². The van der Waals surface area contributed by atoms with Crippen LogP contribution in [0.25, 0.3) is 0 Å². The fourth-order valence-electron chi connectivity index (χ4n) is 1.08. The molecule has 0 aliphatic carbocycles. The normalized spacial score (nSPS) is 12.5. The third-order valence-corrected chi connectivity index (χ3v) is 2.83. The van der Waals surface area contributed by atoms with Crippen LogP contribution in [0.15, 0.2) is 0 Å². The highest BCUT2D eigenvalue weighted by Gasteiger charge is 2.13. The first kappa shape index (κ1) is 12.5. The Bertz CT molecular complexity index is 285. The average molecular weight is 204 g/mol. The summed E-state index contributed by atoms with van der Waals surface area (Å²) in [7, 11) is 1.18. The zero-order valence-corrected chi connectivity index (χ0v) is 9.39. The summed E-state index contributed by atoms with van der Waals surface area (Å²) in [6.45, 7) is 1.45. The number of nitrogens with zero attached hydrogens (tertiary/aromatic N) is 1. The molecule has 0 aromatic carbocycles. The Morgan fingerprint density at radius 2 is 1.92 bits per heavy atom. The Morgan fingerprint density at radius 3 is 2.31 bits per heavy atom. The van der Waals surface area contributed by atoms with Gasteiger partial charge in [0.25, 0.3) is 0 Å². The van der Waals surface area contributed by atoms with Crippen LogP contribution < -0.4 is 0 Å². The van der Waals surface area contributed by atoms with E-state index in [9.17, 15) is 8.42 Å². The first-order valence-electron chi connectivity index (χ1n) is 4.20. The summed E-state index contributed by atoms with van der Waals surface area (Å²) >= 11 is 0. The van der Waals surface area contributed by atoms with Crippen LogP contribution in [0.5, 0.6) is 0 Å². The van der Waals surface area contributed by atoms with Crippen LogP contribution in [-0.2, 0) is 9.84 Å². The number of hydrogen-bond donors (Lipinski definition) is 0. The Hall–Kier alpha value is -0.530. The van der Waals surface area contributed by atoms with E-state index in [1.807, 2.05) is 14.1 Å². The standard InChI is InChI=1S/C9H18NO2S/c1-5-7-10(2,3)8-6-9-13(4,11)12/h1H,6-9H2,2-4H3/q+1. The van der Waals surface area contributed by atoms with E-state index in [1.54, 1.807) is 0 Å². The minimum Gasteiger partial charge on any atom is -0.318 e. The molecule has 0 amide bonds. The van der Waals surface area contributed by atoms with Crippen LogP contribution >= 0.6 is 0 Å². The van der Waals surface area contributed by atoms with Crippen molar-refractivity contribution in [1.82, 2.24) is 0 Å². The van der Waals surface area contributed by atoms with E-state index in [1.165, 1.54) is 6.26 Å². The monoisotopic (exact) mass is 204 g/mol. The third kappa shape index (κ3) is 7.82. The van der Waals surface area contributed by atoms with Gasteiger partial charge in [0.05, 0.1) is 26.4 Å². The topological polar surface area (TPSA) is 34.1 Å². The largest absolute Gasteiger partial charge is 0.318 e. The van der Waals surface area contributed by atoms with E-state index in [4.69, 9.17) is 6.42 Å². The summed E-state index contributed by atoms with van der Waals surface area (Å²) in [5, 5.41) is 0. The lowest BCUT2D eigenvalue weighted by Crippen LogP contribution is -2.41. The predicted molar refractivity (Wildman–Crippen MR) is 55.0 cm³/mol.